The number of carbonyl (C=O) groups is 1. The van der Waals surface area contributed by atoms with Crippen molar-refractivity contribution in [3.63, 3.8) is 0 Å². The minimum Gasteiger partial charge on any atom is -0.451 e. The minimum absolute atomic E-state index is 0.172. The van der Waals surface area contributed by atoms with Crippen LogP contribution >= 0.6 is 11.6 Å². The maximum Gasteiger partial charge on any atom is 0.287 e. The van der Waals surface area contributed by atoms with Gasteiger partial charge in [-0.2, -0.15) is 0 Å². The molecule has 5 heteroatoms. The molecule has 0 radical (unpaired) electrons. The summed E-state index contributed by atoms with van der Waals surface area (Å²) in [4.78, 5) is 15.3. The second-order valence-electron chi connectivity index (χ2n) is 7.58. The number of carbonyl (C=O) groups excluding carboxylic acids is 1. The Morgan fingerprint density at radius 1 is 1.14 bits per heavy atom. The fraction of sp³-hybridized carbons (Fsp3) is 0.348. The fourth-order valence-electron chi connectivity index (χ4n) is 3.98. The third-order valence-corrected chi connectivity index (χ3v) is 5.84. The molecule has 1 fully saturated rings. The van der Waals surface area contributed by atoms with Crippen molar-refractivity contribution in [3.05, 3.63) is 69.9 Å². The standard InChI is InChI=1S/C23H25ClN2O2/c1-15-5-7-17(8-6-15)20(26-11-3-4-12-26)14-25-23(27)22-16(2)19-13-18(24)9-10-21(19)28-22/h5-10,13,20H,3-4,11-12,14H2,1-2H3,(H,25,27). The van der Waals surface area contributed by atoms with Gasteiger partial charge >= 0.3 is 0 Å². The van der Waals surface area contributed by atoms with Crippen LogP contribution in [-0.2, 0) is 0 Å². The first-order chi connectivity index (χ1) is 13.5. The quantitative estimate of drug-likeness (QED) is 0.639. The van der Waals surface area contributed by atoms with E-state index in [1.54, 1.807) is 12.1 Å². The molecule has 0 spiro atoms. The summed E-state index contributed by atoms with van der Waals surface area (Å²) in [5.41, 5.74) is 3.98. The zero-order valence-corrected chi connectivity index (χ0v) is 17.1. The SMILES string of the molecule is Cc1ccc(C(CNC(=O)c2oc3ccc(Cl)cc3c2C)N2CCCC2)cc1. The molecule has 0 saturated carbocycles. The summed E-state index contributed by atoms with van der Waals surface area (Å²) in [5, 5.41) is 4.62. The lowest BCUT2D eigenvalue weighted by Crippen LogP contribution is -2.36. The summed E-state index contributed by atoms with van der Waals surface area (Å²) >= 11 is 6.09. The summed E-state index contributed by atoms with van der Waals surface area (Å²) < 4.78 is 5.81. The molecule has 0 aliphatic carbocycles. The van der Waals surface area contributed by atoms with Crippen LogP contribution in [0.1, 0.15) is 46.1 Å². The predicted molar refractivity (Wildman–Crippen MR) is 113 cm³/mol. The maximum absolute atomic E-state index is 12.9. The van der Waals surface area contributed by atoms with E-state index in [0.717, 1.165) is 24.0 Å². The van der Waals surface area contributed by atoms with Crippen molar-refractivity contribution in [1.82, 2.24) is 10.2 Å². The fourth-order valence-corrected chi connectivity index (χ4v) is 4.15. The van der Waals surface area contributed by atoms with E-state index in [1.807, 2.05) is 13.0 Å². The molecule has 1 N–H and O–H groups in total. The summed E-state index contributed by atoms with van der Waals surface area (Å²) in [7, 11) is 0. The van der Waals surface area contributed by atoms with Gasteiger partial charge in [-0.25, -0.2) is 0 Å². The van der Waals surface area contributed by atoms with Gasteiger partial charge in [0.25, 0.3) is 5.91 Å². The Balaban J connectivity index is 1.54. The van der Waals surface area contributed by atoms with Crippen LogP contribution in [0.15, 0.2) is 46.9 Å². The summed E-state index contributed by atoms with van der Waals surface area (Å²) in [5.74, 6) is 0.183. The Kier molecular flexibility index (Phi) is 5.42. The molecule has 1 saturated heterocycles. The first kappa shape index (κ1) is 19.0. The van der Waals surface area contributed by atoms with Crippen LogP contribution in [-0.4, -0.2) is 30.4 Å². The average Bonchev–Trinajstić information content (AvgIpc) is 3.32. The van der Waals surface area contributed by atoms with Gasteiger partial charge in [0.2, 0.25) is 0 Å². The van der Waals surface area contributed by atoms with Crippen LogP contribution in [0, 0.1) is 13.8 Å². The number of halogens is 1. The third-order valence-electron chi connectivity index (χ3n) is 5.60. The van der Waals surface area contributed by atoms with Crippen LogP contribution < -0.4 is 5.32 Å². The molecule has 4 rings (SSSR count). The number of benzene rings is 2. The first-order valence-electron chi connectivity index (χ1n) is 9.80. The molecule has 1 aromatic heterocycles. The largest absolute Gasteiger partial charge is 0.451 e. The Morgan fingerprint density at radius 2 is 1.86 bits per heavy atom. The third kappa shape index (κ3) is 3.80. The van der Waals surface area contributed by atoms with Crippen LogP contribution in [0.25, 0.3) is 11.0 Å². The van der Waals surface area contributed by atoms with E-state index in [1.165, 1.54) is 24.0 Å². The van der Waals surface area contributed by atoms with Crippen molar-refractivity contribution >= 4 is 28.5 Å². The number of furan rings is 1. The van der Waals surface area contributed by atoms with E-state index >= 15 is 0 Å². The van der Waals surface area contributed by atoms with E-state index < -0.39 is 0 Å². The van der Waals surface area contributed by atoms with Gasteiger partial charge < -0.3 is 9.73 Å². The Bertz CT molecular complexity index is 988. The van der Waals surface area contributed by atoms with E-state index in [0.29, 0.717) is 22.9 Å². The smallest absolute Gasteiger partial charge is 0.287 e. The van der Waals surface area contributed by atoms with Crippen molar-refractivity contribution in [2.45, 2.75) is 32.7 Å². The molecule has 28 heavy (non-hydrogen) atoms. The number of nitrogens with one attached hydrogen (secondary N) is 1. The number of hydrogen-bond donors (Lipinski definition) is 1. The number of aryl methyl sites for hydroxylation is 2. The topological polar surface area (TPSA) is 45.5 Å². The molecular formula is C23H25ClN2O2. The lowest BCUT2D eigenvalue weighted by atomic mass is 10.0. The number of likely N-dealkylation sites (tertiary alicyclic amines) is 1. The van der Waals surface area contributed by atoms with Crippen molar-refractivity contribution in [2.75, 3.05) is 19.6 Å². The molecule has 3 aromatic rings. The number of fused-ring (bicyclic) bond motifs is 1. The highest BCUT2D eigenvalue weighted by atomic mass is 35.5. The Labute approximate surface area is 170 Å². The van der Waals surface area contributed by atoms with Crippen molar-refractivity contribution < 1.29 is 9.21 Å². The number of rotatable bonds is 5. The molecule has 1 atom stereocenters. The van der Waals surface area contributed by atoms with Crippen LogP contribution in [0.2, 0.25) is 5.02 Å². The maximum atomic E-state index is 12.9. The molecule has 1 unspecified atom stereocenters. The van der Waals surface area contributed by atoms with E-state index in [-0.39, 0.29) is 11.9 Å². The lowest BCUT2D eigenvalue weighted by molar-refractivity contribution is 0.0911. The zero-order chi connectivity index (χ0) is 19.7. The van der Waals surface area contributed by atoms with Gasteiger partial charge in [0.15, 0.2) is 5.76 Å². The van der Waals surface area contributed by atoms with Gasteiger partial charge in [-0.1, -0.05) is 41.4 Å². The highest BCUT2D eigenvalue weighted by Crippen LogP contribution is 2.29. The molecule has 2 aromatic carbocycles. The molecule has 1 aliphatic heterocycles. The second kappa shape index (κ2) is 7.98. The summed E-state index contributed by atoms with van der Waals surface area (Å²) in [6.07, 6.45) is 2.42. The van der Waals surface area contributed by atoms with Crippen molar-refractivity contribution in [2.24, 2.45) is 0 Å². The first-order valence-corrected chi connectivity index (χ1v) is 10.2. The van der Waals surface area contributed by atoms with Crippen molar-refractivity contribution in [1.29, 1.82) is 0 Å². The van der Waals surface area contributed by atoms with E-state index in [9.17, 15) is 4.79 Å². The molecule has 1 amide bonds. The summed E-state index contributed by atoms with van der Waals surface area (Å²) in [6, 6.07) is 14.2. The molecule has 2 heterocycles. The van der Waals surface area contributed by atoms with Gasteiger partial charge in [-0.15, -0.1) is 0 Å². The zero-order valence-electron chi connectivity index (χ0n) is 16.3. The van der Waals surface area contributed by atoms with Gasteiger partial charge in [0.05, 0.1) is 6.04 Å². The second-order valence-corrected chi connectivity index (χ2v) is 8.01. The van der Waals surface area contributed by atoms with Crippen LogP contribution in [0.3, 0.4) is 0 Å². The lowest BCUT2D eigenvalue weighted by Gasteiger charge is -2.28. The van der Waals surface area contributed by atoms with Gasteiger partial charge in [0.1, 0.15) is 5.58 Å². The monoisotopic (exact) mass is 396 g/mol. The van der Waals surface area contributed by atoms with Gasteiger partial charge in [0, 0.05) is 22.5 Å². The highest BCUT2D eigenvalue weighted by molar-refractivity contribution is 6.31. The van der Waals surface area contributed by atoms with Crippen LogP contribution in [0.5, 0.6) is 0 Å². The summed E-state index contributed by atoms with van der Waals surface area (Å²) in [6.45, 7) is 6.67. The van der Waals surface area contributed by atoms with Gasteiger partial charge in [-0.05, 0) is 63.5 Å². The number of hydrogen-bond acceptors (Lipinski definition) is 3. The Morgan fingerprint density at radius 3 is 2.57 bits per heavy atom. The minimum atomic E-state index is -0.180. The van der Waals surface area contributed by atoms with E-state index in [4.69, 9.17) is 16.0 Å². The Hall–Kier alpha value is -2.30. The van der Waals surface area contributed by atoms with E-state index in [2.05, 4.69) is 41.4 Å². The molecule has 0 bridgehead atoms. The average molecular weight is 397 g/mol. The molecule has 1 aliphatic rings. The predicted octanol–water partition coefficient (Wildman–Crippen LogP) is 5.27. The van der Waals surface area contributed by atoms with Gasteiger partial charge in [-0.3, -0.25) is 9.69 Å². The van der Waals surface area contributed by atoms with Crippen LogP contribution in [0.4, 0.5) is 0 Å². The normalized spacial score (nSPS) is 15.8. The molecule has 146 valence electrons. The van der Waals surface area contributed by atoms with Crippen molar-refractivity contribution in [3.8, 4) is 0 Å². The number of amides is 1. The number of nitrogens with zero attached hydrogens (tertiary/aromatic N) is 1. The molecule has 4 nitrogen and oxygen atoms in total. The molecular weight excluding hydrogens is 372 g/mol. The highest BCUT2D eigenvalue weighted by Gasteiger charge is 2.25.